The van der Waals surface area contributed by atoms with E-state index >= 15 is 0 Å². The molecule has 3 fully saturated rings. The summed E-state index contributed by atoms with van der Waals surface area (Å²) in [6.45, 7) is 31.3. The van der Waals surface area contributed by atoms with E-state index in [1.165, 1.54) is 12.7 Å². The molecule has 4 aliphatic rings. The molecule has 1 N–H and O–H groups in total. The Hall–Kier alpha value is -1.87. The lowest BCUT2D eigenvalue weighted by Gasteiger charge is -2.52. The van der Waals surface area contributed by atoms with Gasteiger partial charge in [-0.05, 0) is 93.1 Å². The number of rotatable bonds is 14. The average Bonchev–Trinajstić information content (AvgIpc) is 3.32. The lowest BCUT2D eigenvalue weighted by molar-refractivity contribution is -0.338. The summed E-state index contributed by atoms with van der Waals surface area (Å²) < 4.78 is 38.0. The molecule has 3 heterocycles. The molecule has 318 valence electrons. The molecule has 3 aliphatic heterocycles. The van der Waals surface area contributed by atoms with E-state index in [4.69, 9.17) is 28.1 Å². The summed E-state index contributed by atoms with van der Waals surface area (Å²) in [7, 11) is -1.95. The highest BCUT2D eigenvalue weighted by atomic mass is 28.4. The van der Waals surface area contributed by atoms with Gasteiger partial charge in [0.1, 0.15) is 12.0 Å². The lowest BCUT2D eigenvalue weighted by atomic mass is 9.70. The third-order valence-corrected chi connectivity index (χ3v) is 19.1. The van der Waals surface area contributed by atoms with Crippen molar-refractivity contribution in [2.75, 3.05) is 13.7 Å². The van der Waals surface area contributed by atoms with E-state index in [0.717, 1.165) is 44.6 Å². The predicted molar refractivity (Wildman–Crippen MR) is 228 cm³/mol. The zero-order chi connectivity index (χ0) is 42.0. The molecule has 11 heteroatoms. The number of hydrogen-bond acceptors (Lipinski definition) is 9. The Morgan fingerprint density at radius 1 is 1.12 bits per heavy atom. The van der Waals surface area contributed by atoms with Gasteiger partial charge in [-0.15, -0.1) is 0 Å². The van der Waals surface area contributed by atoms with Gasteiger partial charge in [0.25, 0.3) is 0 Å². The highest BCUT2D eigenvalue weighted by Crippen LogP contribution is 2.48. The SMILES string of the molecule is CO[C@@H]1C(C)=C[C@@H](C(=O)OCC[Si](C)(C)C)[C@]2(O)/C(=C/C=C/[C@H](C)C/C(C)=C/C[C@@H]3C[C@H](O[Si](C)(C)C(C)(C)C)C[C@]4(CC[C@H](C)[C@@H](C(C)C)O4)O3)C(=O)O[C@H]12. The topological polar surface area (TPSA) is 110 Å². The van der Waals surface area contributed by atoms with Crippen LogP contribution in [0.15, 0.2) is 47.1 Å². The van der Waals surface area contributed by atoms with Gasteiger partial charge in [-0.3, -0.25) is 4.79 Å². The fourth-order valence-electron chi connectivity index (χ4n) is 8.60. The monoisotopic (exact) mass is 817 g/mol. The molecule has 56 heavy (non-hydrogen) atoms. The van der Waals surface area contributed by atoms with Gasteiger partial charge in [-0.25, -0.2) is 4.79 Å². The van der Waals surface area contributed by atoms with E-state index in [-0.39, 0.29) is 41.4 Å². The molecule has 0 saturated carbocycles. The fourth-order valence-corrected chi connectivity index (χ4v) is 10.7. The standard InChI is InChI=1S/C45H76O9Si2/c1-29(2)38-32(5)21-22-44(53-38)28-35(54-56(14,15)43(7,8)9)27-34(52-44)20-19-31(4)25-30(3)17-16-18-36-42(47)51-40-39(49-10)33(6)26-37(45(36,40)48)41(46)50-23-24-55(11,12)13/h16-19,26,29-30,32,34-35,37-40,48H,20-25,27-28H2,1-15H3/b17-16+,31-19+,36-18+/t30-,32-,34+,35-,37-,38+,39+,40+,44+,45+/m0/s1. The molecule has 1 spiro atoms. The number of carbonyl (C=O) groups is 2. The van der Waals surface area contributed by atoms with Crippen LogP contribution in [0.2, 0.25) is 43.8 Å². The van der Waals surface area contributed by atoms with Crippen molar-refractivity contribution < 1.29 is 42.8 Å². The maximum atomic E-state index is 13.5. The molecule has 1 aliphatic carbocycles. The zero-order valence-electron chi connectivity index (χ0n) is 37.5. The van der Waals surface area contributed by atoms with Crippen molar-refractivity contribution in [3.05, 3.63) is 47.1 Å². The predicted octanol–water partition coefficient (Wildman–Crippen LogP) is 9.70. The van der Waals surface area contributed by atoms with E-state index < -0.39 is 57.8 Å². The van der Waals surface area contributed by atoms with E-state index in [1.807, 2.05) is 13.0 Å². The van der Waals surface area contributed by atoms with Crippen LogP contribution in [0.25, 0.3) is 0 Å². The van der Waals surface area contributed by atoms with E-state index in [0.29, 0.717) is 17.4 Å². The second-order valence-corrected chi connectivity index (χ2v) is 30.9. The molecule has 9 nitrogen and oxygen atoms in total. The normalized spacial score (nSPS) is 34.6. The molecule has 10 atom stereocenters. The van der Waals surface area contributed by atoms with Crippen LogP contribution in [0, 0.1) is 23.7 Å². The van der Waals surface area contributed by atoms with Gasteiger partial charge < -0.3 is 33.2 Å². The molecular weight excluding hydrogens is 741 g/mol. The van der Waals surface area contributed by atoms with Crippen molar-refractivity contribution in [1.82, 2.24) is 0 Å². The minimum atomic E-state index is -2.01. The average molecular weight is 817 g/mol. The van der Waals surface area contributed by atoms with Crippen molar-refractivity contribution >= 4 is 28.3 Å². The Bertz CT molecular complexity index is 1520. The summed E-state index contributed by atoms with van der Waals surface area (Å²) in [5.74, 6) is -1.90. The quantitative estimate of drug-likeness (QED) is 0.0794. The van der Waals surface area contributed by atoms with Gasteiger partial charge >= 0.3 is 11.9 Å². The number of esters is 2. The zero-order valence-corrected chi connectivity index (χ0v) is 39.5. The van der Waals surface area contributed by atoms with Crippen LogP contribution in [0.5, 0.6) is 0 Å². The number of allylic oxidation sites excluding steroid dienone is 4. The summed E-state index contributed by atoms with van der Waals surface area (Å²) in [6.07, 6.45) is 13.0. The van der Waals surface area contributed by atoms with Crippen molar-refractivity contribution in [2.24, 2.45) is 23.7 Å². The van der Waals surface area contributed by atoms with Crippen LogP contribution in [0.1, 0.15) is 101 Å². The number of fused-ring (bicyclic) bond motifs is 1. The smallest absolute Gasteiger partial charge is 0.337 e. The van der Waals surface area contributed by atoms with E-state index in [9.17, 15) is 14.7 Å². The van der Waals surface area contributed by atoms with Crippen LogP contribution >= 0.6 is 0 Å². The first-order valence-corrected chi connectivity index (χ1v) is 27.8. The second-order valence-electron chi connectivity index (χ2n) is 20.5. The minimum absolute atomic E-state index is 0.00776. The first-order chi connectivity index (χ1) is 25.8. The van der Waals surface area contributed by atoms with Crippen molar-refractivity contribution in [3.8, 4) is 0 Å². The summed E-state index contributed by atoms with van der Waals surface area (Å²) in [6, 6.07) is 0.802. The first-order valence-electron chi connectivity index (χ1n) is 21.2. The Morgan fingerprint density at radius 2 is 1.80 bits per heavy atom. The van der Waals surface area contributed by atoms with Crippen LogP contribution < -0.4 is 0 Å². The number of hydrogen-bond donors (Lipinski definition) is 1. The summed E-state index contributed by atoms with van der Waals surface area (Å²) in [5.41, 5.74) is 0.0698. The fraction of sp³-hybridized carbons (Fsp3) is 0.778. The maximum Gasteiger partial charge on any atom is 0.337 e. The lowest BCUT2D eigenvalue weighted by Crippen LogP contribution is -2.57. The van der Waals surface area contributed by atoms with Crippen LogP contribution in [-0.2, 0) is 37.7 Å². The van der Waals surface area contributed by atoms with Crippen molar-refractivity contribution in [2.45, 2.75) is 187 Å². The van der Waals surface area contributed by atoms with Crippen LogP contribution in [0.4, 0.5) is 0 Å². The molecule has 0 bridgehead atoms. The van der Waals surface area contributed by atoms with Gasteiger partial charge in [-0.2, -0.15) is 0 Å². The molecule has 3 saturated heterocycles. The number of aliphatic hydroxyl groups is 1. The van der Waals surface area contributed by atoms with Gasteiger partial charge in [0.15, 0.2) is 25.8 Å². The van der Waals surface area contributed by atoms with E-state index in [1.54, 1.807) is 18.2 Å². The second kappa shape index (κ2) is 18.2. The highest BCUT2D eigenvalue weighted by Gasteiger charge is 2.64. The molecular formula is C45H76O9Si2. The molecule has 0 radical (unpaired) electrons. The Morgan fingerprint density at radius 3 is 2.41 bits per heavy atom. The summed E-state index contributed by atoms with van der Waals surface area (Å²) >= 11 is 0. The molecule has 0 aromatic heterocycles. The number of ether oxygens (including phenoxy) is 5. The molecule has 0 unspecified atom stereocenters. The maximum absolute atomic E-state index is 13.5. The van der Waals surface area contributed by atoms with Crippen LogP contribution in [-0.4, -0.2) is 89.1 Å². The van der Waals surface area contributed by atoms with Gasteiger partial charge in [0.05, 0.1) is 30.5 Å². The molecule has 0 amide bonds. The summed E-state index contributed by atoms with van der Waals surface area (Å²) in [4.78, 5) is 26.8. The third kappa shape index (κ3) is 11.0. The Balaban J connectivity index is 1.47. The van der Waals surface area contributed by atoms with Crippen molar-refractivity contribution in [3.63, 3.8) is 0 Å². The van der Waals surface area contributed by atoms with Crippen LogP contribution in [0.3, 0.4) is 0 Å². The summed E-state index contributed by atoms with van der Waals surface area (Å²) in [5, 5.41) is 12.3. The van der Waals surface area contributed by atoms with Gasteiger partial charge in [0.2, 0.25) is 0 Å². The third-order valence-electron chi connectivity index (χ3n) is 12.9. The van der Waals surface area contributed by atoms with Crippen molar-refractivity contribution in [1.29, 1.82) is 0 Å². The largest absolute Gasteiger partial charge is 0.465 e. The van der Waals surface area contributed by atoms with E-state index in [2.05, 4.69) is 94.2 Å². The molecule has 0 aromatic carbocycles. The Labute approximate surface area is 341 Å². The van der Waals surface area contributed by atoms with Gasteiger partial charge in [-0.1, -0.05) is 98.0 Å². The molecule has 4 rings (SSSR count). The number of methoxy groups -OCH3 is 1. The Kier molecular flexibility index (Phi) is 15.2. The number of carbonyl (C=O) groups excluding carboxylic acids is 2. The molecule has 0 aromatic rings. The highest BCUT2D eigenvalue weighted by molar-refractivity contribution is 6.76. The van der Waals surface area contributed by atoms with Gasteiger partial charge in [0, 0.05) is 28.0 Å². The first kappa shape index (κ1) is 46.8. The minimum Gasteiger partial charge on any atom is -0.465 e.